The highest BCUT2D eigenvalue weighted by Crippen LogP contribution is 2.48. The number of hydrogen-bond acceptors (Lipinski definition) is 3. The van der Waals surface area contributed by atoms with E-state index in [4.69, 9.17) is 4.74 Å². The van der Waals surface area contributed by atoms with Crippen molar-refractivity contribution in [2.45, 2.75) is 6.18 Å². The molecule has 1 saturated carbocycles. The molecule has 1 aromatic rings. The number of ether oxygens (including phenoxy) is 1. The van der Waals surface area contributed by atoms with Gasteiger partial charge in [-0.2, -0.15) is 13.2 Å². The summed E-state index contributed by atoms with van der Waals surface area (Å²) >= 11 is 0. The minimum Gasteiger partial charge on any atom is -0.477 e. The van der Waals surface area contributed by atoms with Crippen LogP contribution in [0.1, 0.15) is 5.69 Å². The molecule has 0 radical (unpaired) electrons. The van der Waals surface area contributed by atoms with Crippen molar-refractivity contribution >= 4 is 12.4 Å². The Morgan fingerprint density at radius 3 is 2.58 bits per heavy atom. The largest absolute Gasteiger partial charge is 0.477 e. The second-order valence-electron chi connectivity index (χ2n) is 4.82. The van der Waals surface area contributed by atoms with E-state index in [1.54, 1.807) is 0 Å². The molecular weight excluding hydrogens is 281 g/mol. The van der Waals surface area contributed by atoms with Crippen LogP contribution in [0.15, 0.2) is 18.2 Å². The van der Waals surface area contributed by atoms with Gasteiger partial charge in [0.05, 0.1) is 6.61 Å². The van der Waals surface area contributed by atoms with E-state index in [2.05, 4.69) is 10.3 Å². The molecule has 2 fully saturated rings. The zero-order chi connectivity index (χ0) is 12.8. The number of nitrogens with zero attached hydrogens (tertiary/aromatic N) is 1. The van der Waals surface area contributed by atoms with Crippen LogP contribution in [-0.2, 0) is 6.18 Å². The summed E-state index contributed by atoms with van der Waals surface area (Å²) in [6.07, 6.45) is -4.42. The van der Waals surface area contributed by atoms with Crippen LogP contribution in [0.4, 0.5) is 13.2 Å². The SMILES string of the molecule is Cl.FC(F)(F)c1cccc(OCC2[C@H]3CNC[C@@H]23)n1. The monoisotopic (exact) mass is 294 g/mol. The first kappa shape index (κ1) is 14.4. The summed E-state index contributed by atoms with van der Waals surface area (Å²) in [5, 5.41) is 3.26. The highest BCUT2D eigenvalue weighted by molar-refractivity contribution is 5.85. The number of alkyl halides is 3. The highest BCUT2D eigenvalue weighted by Gasteiger charge is 2.53. The third-order valence-corrected chi connectivity index (χ3v) is 3.71. The Bertz CT molecular complexity index is 445. The fourth-order valence-corrected chi connectivity index (χ4v) is 2.63. The van der Waals surface area contributed by atoms with Crippen LogP contribution in [0.5, 0.6) is 5.88 Å². The van der Waals surface area contributed by atoms with Crippen molar-refractivity contribution in [2.24, 2.45) is 17.8 Å². The molecule has 1 aliphatic carbocycles. The number of hydrogen-bond donors (Lipinski definition) is 1. The molecule has 3 nitrogen and oxygen atoms in total. The first-order valence-corrected chi connectivity index (χ1v) is 5.93. The van der Waals surface area contributed by atoms with E-state index in [9.17, 15) is 13.2 Å². The average molecular weight is 295 g/mol. The molecule has 0 amide bonds. The van der Waals surface area contributed by atoms with Gasteiger partial charge < -0.3 is 10.1 Å². The normalized spacial score (nSPS) is 28.5. The molecular formula is C12H14ClF3N2O. The van der Waals surface area contributed by atoms with Crippen molar-refractivity contribution in [3.8, 4) is 5.88 Å². The Kier molecular flexibility index (Phi) is 3.92. The topological polar surface area (TPSA) is 34.1 Å². The number of fused-ring (bicyclic) bond motifs is 1. The predicted molar refractivity (Wildman–Crippen MR) is 65.3 cm³/mol. The number of rotatable bonds is 3. The van der Waals surface area contributed by atoms with Gasteiger partial charge in [-0.3, -0.25) is 0 Å². The Morgan fingerprint density at radius 1 is 1.26 bits per heavy atom. The zero-order valence-corrected chi connectivity index (χ0v) is 10.8. The quantitative estimate of drug-likeness (QED) is 0.929. The minimum atomic E-state index is -4.42. The van der Waals surface area contributed by atoms with Crippen molar-refractivity contribution in [1.29, 1.82) is 0 Å². The highest BCUT2D eigenvalue weighted by atomic mass is 35.5. The van der Waals surface area contributed by atoms with Crippen molar-refractivity contribution in [1.82, 2.24) is 10.3 Å². The van der Waals surface area contributed by atoms with Crippen molar-refractivity contribution < 1.29 is 17.9 Å². The molecule has 2 aliphatic rings. The van der Waals surface area contributed by atoms with Crippen LogP contribution >= 0.6 is 12.4 Å². The van der Waals surface area contributed by atoms with Gasteiger partial charge in [0.1, 0.15) is 5.69 Å². The lowest BCUT2D eigenvalue weighted by Gasteiger charge is -2.10. The van der Waals surface area contributed by atoms with Gasteiger partial charge in [0.2, 0.25) is 5.88 Å². The molecule has 1 N–H and O–H groups in total. The Labute approximate surface area is 115 Å². The maximum atomic E-state index is 12.4. The fourth-order valence-electron chi connectivity index (χ4n) is 2.63. The third-order valence-electron chi connectivity index (χ3n) is 3.71. The Balaban J connectivity index is 0.00000133. The maximum Gasteiger partial charge on any atom is 0.433 e. The first-order chi connectivity index (χ1) is 8.55. The molecule has 1 aliphatic heterocycles. The molecule has 3 atom stereocenters. The molecule has 3 rings (SSSR count). The summed E-state index contributed by atoms with van der Waals surface area (Å²) in [5.74, 6) is 1.80. The summed E-state index contributed by atoms with van der Waals surface area (Å²) in [6.45, 7) is 2.45. The van der Waals surface area contributed by atoms with Gasteiger partial charge >= 0.3 is 6.18 Å². The molecule has 106 valence electrons. The van der Waals surface area contributed by atoms with E-state index in [0.29, 0.717) is 24.4 Å². The van der Waals surface area contributed by atoms with Crippen molar-refractivity contribution in [2.75, 3.05) is 19.7 Å². The van der Waals surface area contributed by atoms with Gasteiger partial charge in [-0.15, -0.1) is 12.4 Å². The lowest BCUT2D eigenvalue weighted by molar-refractivity contribution is -0.141. The average Bonchev–Trinajstić information content (AvgIpc) is 2.77. The Morgan fingerprint density at radius 2 is 1.95 bits per heavy atom. The van der Waals surface area contributed by atoms with E-state index in [-0.39, 0.29) is 18.3 Å². The molecule has 7 heteroatoms. The molecule has 0 bridgehead atoms. The summed E-state index contributed by atoms with van der Waals surface area (Å²) in [7, 11) is 0. The standard InChI is InChI=1S/C12H13F3N2O.ClH/c13-12(14,15)10-2-1-3-11(17-10)18-6-9-7-4-16-5-8(7)9;/h1-3,7-9,16H,4-6H2;1H/t7-,8+,9?;. The zero-order valence-electron chi connectivity index (χ0n) is 9.98. The van der Waals surface area contributed by atoms with Crippen molar-refractivity contribution in [3.63, 3.8) is 0 Å². The number of halogens is 4. The molecule has 2 heterocycles. The van der Waals surface area contributed by atoms with Crippen LogP contribution in [-0.4, -0.2) is 24.7 Å². The van der Waals surface area contributed by atoms with Gasteiger partial charge in [-0.1, -0.05) is 6.07 Å². The number of nitrogens with one attached hydrogen (secondary N) is 1. The van der Waals surface area contributed by atoms with Gasteiger partial charge in [0.25, 0.3) is 0 Å². The van der Waals surface area contributed by atoms with Crippen molar-refractivity contribution in [3.05, 3.63) is 23.9 Å². The van der Waals surface area contributed by atoms with Gasteiger partial charge in [0.15, 0.2) is 0 Å². The summed E-state index contributed by atoms with van der Waals surface area (Å²) < 4.78 is 42.7. The second-order valence-corrected chi connectivity index (χ2v) is 4.82. The molecule has 1 aromatic heterocycles. The van der Waals surface area contributed by atoms with Gasteiger partial charge in [-0.25, -0.2) is 4.98 Å². The van der Waals surface area contributed by atoms with E-state index < -0.39 is 11.9 Å². The predicted octanol–water partition coefficient (Wildman–Crippen LogP) is 2.37. The van der Waals surface area contributed by atoms with Crippen LogP contribution in [0.3, 0.4) is 0 Å². The molecule has 1 unspecified atom stereocenters. The lowest BCUT2D eigenvalue weighted by atomic mass is 10.3. The van der Waals surface area contributed by atoms with Crippen LogP contribution < -0.4 is 10.1 Å². The molecule has 19 heavy (non-hydrogen) atoms. The van der Waals surface area contributed by atoms with E-state index >= 15 is 0 Å². The van der Waals surface area contributed by atoms with E-state index in [0.717, 1.165) is 19.2 Å². The molecule has 0 aromatic carbocycles. The Hall–Kier alpha value is -1.01. The van der Waals surface area contributed by atoms with Crippen LogP contribution in [0.25, 0.3) is 0 Å². The maximum absolute atomic E-state index is 12.4. The number of pyridine rings is 1. The first-order valence-electron chi connectivity index (χ1n) is 5.93. The number of aromatic nitrogens is 1. The summed E-state index contributed by atoms with van der Waals surface area (Å²) in [5.41, 5.74) is -0.905. The van der Waals surface area contributed by atoms with E-state index in [1.807, 2.05) is 0 Å². The smallest absolute Gasteiger partial charge is 0.433 e. The van der Waals surface area contributed by atoms with Gasteiger partial charge in [0, 0.05) is 12.0 Å². The molecule has 1 saturated heterocycles. The molecule has 0 spiro atoms. The fraction of sp³-hybridized carbons (Fsp3) is 0.583. The third kappa shape index (κ3) is 2.95. The second kappa shape index (κ2) is 5.17. The minimum absolute atomic E-state index is 0. The summed E-state index contributed by atoms with van der Waals surface area (Å²) in [4.78, 5) is 3.47. The lowest BCUT2D eigenvalue weighted by Crippen LogP contribution is -2.18. The van der Waals surface area contributed by atoms with Crippen LogP contribution in [0.2, 0.25) is 0 Å². The number of piperidine rings is 1. The van der Waals surface area contributed by atoms with Crippen LogP contribution in [0, 0.1) is 17.8 Å². The van der Waals surface area contributed by atoms with Gasteiger partial charge in [-0.05, 0) is 31.0 Å². The summed E-state index contributed by atoms with van der Waals surface area (Å²) in [6, 6.07) is 3.73. The van der Waals surface area contributed by atoms with E-state index in [1.165, 1.54) is 12.1 Å².